The predicted octanol–water partition coefficient (Wildman–Crippen LogP) is 3.64. The Hall–Kier alpha value is -1.57. The van der Waals surface area contributed by atoms with E-state index in [1.807, 2.05) is 13.8 Å². The molecule has 0 saturated carbocycles. The fraction of sp³-hybridized carbons (Fsp3) is 0.438. The van der Waals surface area contributed by atoms with Gasteiger partial charge in [-0.1, -0.05) is 44.2 Å². The molecule has 0 radical (unpaired) electrons. The lowest BCUT2D eigenvalue weighted by atomic mass is 10.00. The molecule has 2 nitrogen and oxygen atoms in total. The lowest BCUT2D eigenvalue weighted by molar-refractivity contribution is -0.117. The number of carbonyl (C=O) groups is 1. The van der Waals surface area contributed by atoms with Crippen molar-refractivity contribution in [2.24, 2.45) is 5.92 Å². The van der Waals surface area contributed by atoms with Crippen molar-refractivity contribution in [2.45, 2.75) is 40.2 Å². The number of hydrogen-bond acceptors (Lipinski definition) is 1. The van der Waals surface area contributed by atoms with Crippen LogP contribution in [0.2, 0.25) is 0 Å². The van der Waals surface area contributed by atoms with Gasteiger partial charge in [0.05, 0.1) is 6.04 Å². The minimum Gasteiger partial charge on any atom is -0.346 e. The molecule has 0 heterocycles. The zero-order valence-corrected chi connectivity index (χ0v) is 11.7. The Labute approximate surface area is 110 Å². The molecule has 0 aliphatic heterocycles. The summed E-state index contributed by atoms with van der Waals surface area (Å²) < 4.78 is 0. The van der Waals surface area contributed by atoms with E-state index in [-0.39, 0.29) is 11.9 Å². The number of nitrogens with one attached hydrogen (secondary N) is 1. The molecular formula is C16H23NO. The van der Waals surface area contributed by atoms with Crippen LogP contribution in [-0.2, 0) is 11.2 Å². The van der Waals surface area contributed by atoms with E-state index in [0.717, 1.165) is 12.0 Å². The van der Waals surface area contributed by atoms with Crippen molar-refractivity contribution in [3.8, 4) is 0 Å². The van der Waals surface area contributed by atoms with Gasteiger partial charge in [-0.25, -0.2) is 0 Å². The number of rotatable bonds is 5. The summed E-state index contributed by atoms with van der Waals surface area (Å²) in [7, 11) is 0. The minimum absolute atomic E-state index is 0.0433. The highest BCUT2D eigenvalue weighted by molar-refractivity contribution is 5.87. The number of amides is 1. The van der Waals surface area contributed by atoms with Crippen molar-refractivity contribution in [2.75, 3.05) is 0 Å². The first-order chi connectivity index (χ1) is 8.52. The molecule has 1 rings (SSSR count). The van der Waals surface area contributed by atoms with E-state index in [4.69, 9.17) is 0 Å². The van der Waals surface area contributed by atoms with E-state index >= 15 is 0 Å². The molecular weight excluding hydrogens is 222 g/mol. The average Bonchev–Trinajstić information content (AvgIpc) is 2.29. The van der Waals surface area contributed by atoms with Crippen LogP contribution in [0.3, 0.4) is 0 Å². The van der Waals surface area contributed by atoms with Crippen LogP contribution in [0.15, 0.2) is 36.4 Å². The molecule has 0 aliphatic rings. The van der Waals surface area contributed by atoms with Crippen molar-refractivity contribution in [1.82, 2.24) is 5.32 Å². The maximum absolute atomic E-state index is 11.4. The van der Waals surface area contributed by atoms with Crippen LogP contribution >= 0.6 is 0 Å². The summed E-state index contributed by atoms with van der Waals surface area (Å²) >= 11 is 0. The van der Waals surface area contributed by atoms with E-state index in [1.165, 1.54) is 5.56 Å². The fourth-order valence-corrected chi connectivity index (χ4v) is 1.91. The second kappa shape index (κ2) is 7.00. The van der Waals surface area contributed by atoms with Gasteiger partial charge in [0.25, 0.3) is 0 Å². The Balaban J connectivity index is 2.64. The maximum Gasteiger partial charge on any atom is 0.244 e. The summed E-state index contributed by atoms with van der Waals surface area (Å²) in [6.07, 6.45) is 4.39. The lowest BCUT2D eigenvalue weighted by Crippen LogP contribution is -2.24. The molecule has 1 aromatic rings. The minimum atomic E-state index is -0.0451. The predicted molar refractivity (Wildman–Crippen MR) is 76.4 cm³/mol. The molecule has 0 spiro atoms. The van der Waals surface area contributed by atoms with Crippen molar-refractivity contribution in [3.63, 3.8) is 0 Å². The first-order valence-corrected chi connectivity index (χ1v) is 6.55. The highest BCUT2D eigenvalue weighted by Crippen LogP contribution is 2.15. The summed E-state index contributed by atoms with van der Waals surface area (Å²) in [5.74, 6) is 0.624. The molecule has 1 atom stereocenters. The summed E-state index contributed by atoms with van der Waals surface area (Å²) in [4.78, 5) is 11.4. The Kier molecular flexibility index (Phi) is 5.63. The third-order valence-corrected chi connectivity index (χ3v) is 2.80. The molecule has 1 amide bonds. The zero-order valence-electron chi connectivity index (χ0n) is 11.7. The number of hydrogen-bond donors (Lipinski definition) is 1. The molecule has 2 heteroatoms. The van der Waals surface area contributed by atoms with Gasteiger partial charge < -0.3 is 5.32 Å². The highest BCUT2D eigenvalue weighted by Gasteiger charge is 2.07. The van der Waals surface area contributed by atoms with E-state index in [2.05, 4.69) is 43.4 Å². The summed E-state index contributed by atoms with van der Waals surface area (Å²) in [6, 6.07) is 8.53. The monoisotopic (exact) mass is 245 g/mol. The topological polar surface area (TPSA) is 29.1 Å². The Morgan fingerprint density at radius 2 is 1.83 bits per heavy atom. The first kappa shape index (κ1) is 14.5. The SMILES string of the molecule is C/C=C/C(=O)NC(C)c1ccc(CC(C)C)cc1. The summed E-state index contributed by atoms with van der Waals surface area (Å²) in [5.41, 5.74) is 2.49. The summed E-state index contributed by atoms with van der Waals surface area (Å²) in [6.45, 7) is 8.27. The van der Waals surface area contributed by atoms with E-state index in [9.17, 15) is 4.79 Å². The number of benzene rings is 1. The van der Waals surface area contributed by atoms with E-state index in [0.29, 0.717) is 5.92 Å². The van der Waals surface area contributed by atoms with Crippen LogP contribution in [0.5, 0.6) is 0 Å². The highest BCUT2D eigenvalue weighted by atomic mass is 16.1. The van der Waals surface area contributed by atoms with Crippen LogP contribution < -0.4 is 5.32 Å². The quantitative estimate of drug-likeness (QED) is 0.788. The lowest BCUT2D eigenvalue weighted by Gasteiger charge is -2.14. The second-order valence-electron chi connectivity index (χ2n) is 5.07. The normalized spacial score (nSPS) is 12.9. The second-order valence-corrected chi connectivity index (χ2v) is 5.07. The van der Waals surface area contributed by atoms with Gasteiger partial charge in [0.15, 0.2) is 0 Å². The van der Waals surface area contributed by atoms with Gasteiger partial charge in [0, 0.05) is 0 Å². The largest absolute Gasteiger partial charge is 0.346 e. The average molecular weight is 245 g/mol. The van der Waals surface area contributed by atoms with Gasteiger partial charge in [-0.3, -0.25) is 4.79 Å². The fourth-order valence-electron chi connectivity index (χ4n) is 1.91. The van der Waals surface area contributed by atoms with Crippen molar-refractivity contribution < 1.29 is 4.79 Å². The van der Waals surface area contributed by atoms with Crippen LogP contribution in [0.4, 0.5) is 0 Å². The van der Waals surface area contributed by atoms with Crippen molar-refractivity contribution in [1.29, 1.82) is 0 Å². The van der Waals surface area contributed by atoms with Crippen LogP contribution in [0.25, 0.3) is 0 Å². The third-order valence-electron chi connectivity index (χ3n) is 2.80. The molecule has 0 fully saturated rings. The first-order valence-electron chi connectivity index (χ1n) is 6.55. The van der Waals surface area contributed by atoms with Crippen LogP contribution in [0.1, 0.15) is 44.9 Å². The maximum atomic E-state index is 11.4. The van der Waals surface area contributed by atoms with Crippen LogP contribution in [-0.4, -0.2) is 5.91 Å². The molecule has 0 bridgehead atoms. The van der Waals surface area contributed by atoms with Gasteiger partial charge >= 0.3 is 0 Å². The Morgan fingerprint density at radius 1 is 1.22 bits per heavy atom. The van der Waals surface area contributed by atoms with Gasteiger partial charge in [-0.15, -0.1) is 0 Å². The molecule has 18 heavy (non-hydrogen) atoms. The van der Waals surface area contributed by atoms with Gasteiger partial charge in [-0.05, 0) is 43.4 Å². The van der Waals surface area contributed by atoms with E-state index in [1.54, 1.807) is 12.2 Å². The van der Waals surface area contributed by atoms with Crippen molar-refractivity contribution >= 4 is 5.91 Å². The Bertz CT molecular complexity index is 404. The molecule has 0 saturated heterocycles. The van der Waals surface area contributed by atoms with Crippen LogP contribution in [0, 0.1) is 5.92 Å². The van der Waals surface area contributed by atoms with E-state index < -0.39 is 0 Å². The molecule has 98 valence electrons. The Morgan fingerprint density at radius 3 is 2.33 bits per heavy atom. The standard InChI is InChI=1S/C16H23NO/c1-5-6-16(18)17-13(4)15-9-7-14(8-10-15)11-12(2)3/h5-10,12-13H,11H2,1-4H3,(H,17,18)/b6-5+. The van der Waals surface area contributed by atoms with Gasteiger partial charge in [0.1, 0.15) is 0 Å². The molecule has 0 aromatic heterocycles. The van der Waals surface area contributed by atoms with Gasteiger partial charge in [0.2, 0.25) is 5.91 Å². The van der Waals surface area contributed by atoms with Gasteiger partial charge in [-0.2, -0.15) is 0 Å². The molecule has 1 unspecified atom stereocenters. The number of allylic oxidation sites excluding steroid dienone is 1. The smallest absolute Gasteiger partial charge is 0.244 e. The zero-order chi connectivity index (χ0) is 13.5. The molecule has 1 aromatic carbocycles. The summed E-state index contributed by atoms with van der Waals surface area (Å²) in [5, 5.41) is 2.93. The third kappa shape index (κ3) is 4.74. The number of carbonyl (C=O) groups excluding carboxylic acids is 1. The molecule has 0 aliphatic carbocycles. The van der Waals surface area contributed by atoms with Crippen molar-refractivity contribution in [3.05, 3.63) is 47.5 Å². The molecule has 1 N–H and O–H groups in total.